The predicted octanol–water partition coefficient (Wildman–Crippen LogP) is 4.07. The number of amides is 1. The maximum Gasteiger partial charge on any atom is 0.295 e. The normalized spacial score (nSPS) is 17.5. The molecule has 1 heterocycles. The summed E-state index contributed by atoms with van der Waals surface area (Å²) in [6, 6.07) is 21.8. The van der Waals surface area contributed by atoms with E-state index in [-0.39, 0.29) is 23.6 Å². The number of methoxy groups -OCH3 is 1. The van der Waals surface area contributed by atoms with E-state index in [1.807, 2.05) is 30.3 Å². The number of likely N-dealkylation sites (tertiary alicyclic amines) is 1. The Kier molecular flexibility index (Phi) is 5.94. The van der Waals surface area contributed by atoms with E-state index < -0.39 is 17.7 Å². The van der Waals surface area contributed by atoms with Crippen molar-refractivity contribution < 1.29 is 24.5 Å². The van der Waals surface area contributed by atoms with Crippen molar-refractivity contribution in [3.8, 4) is 11.5 Å². The molecule has 162 valence electrons. The molecular formula is C26H23NO5. The molecule has 1 fully saturated rings. The third-order valence-electron chi connectivity index (χ3n) is 5.60. The number of ether oxygens (including phenoxy) is 1. The van der Waals surface area contributed by atoms with Gasteiger partial charge in [-0.15, -0.1) is 0 Å². The standard InChI is InChI=1S/C26H23NO5/c1-32-21-13-7-17(8-14-21)15-16-27-23(18-9-11-20(28)12-10-18)22(25(30)26(27)31)24(29)19-5-3-2-4-6-19/h2-14,23,28-29H,15-16H2,1H3. The Balaban J connectivity index is 1.73. The third kappa shape index (κ3) is 4.07. The first kappa shape index (κ1) is 21.2. The number of hydrogen-bond acceptors (Lipinski definition) is 5. The van der Waals surface area contributed by atoms with Crippen LogP contribution in [0.2, 0.25) is 0 Å². The van der Waals surface area contributed by atoms with Gasteiger partial charge in [0.25, 0.3) is 11.7 Å². The molecule has 0 radical (unpaired) electrons. The summed E-state index contributed by atoms with van der Waals surface area (Å²) in [5.74, 6) is -0.782. The summed E-state index contributed by atoms with van der Waals surface area (Å²) in [6.07, 6.45) is 0.525. The topological polar surface area (TPSA) is 87.1 Å². The fourth-order valence-electron chi connectivity index (χ4n) is 3.91. The minimum Gasteiger partial charge on any atom is -0.508 e. The van der Waals surface area contributed by atoms with Crippen LogP contribution in [0.5, 0.6) is 11.5 Å². The lowest BCUT2D eigenvalue weighted by molar-refractivity contribution is -0.139. The van der Waals surface area contributed by atoms with E-state index in [0.717, 1.165) is 11.3 Å². The summed E-state index contributed by atoms with van der Waals surface area (Å²) in [5, 5.41) is 20.7. The molecule has 0 aliphatic carbocycles. The van der Waals surface area contributed by atoms with E-state index in [0.29, 0.717) is 17.5 Å². The number of phenolic OH excluding ortho intramolecular Hbond substituents is 1. The molecule has 2 N–H and O–H groups in total. The van der Waals surface area contributed by atoms with Crippen LogP contribution in [-0.2, 0) is 16.0 Å². The first-order valence-electron chi connectivity index (χ1n) is 10.3. The first-order chi connectivity index (χ1) is 15.5. The van der Waals surface area contributed by atoms with Crippen molar-refractivity contribution >= 4 is 17.4 Å². The second kappa shape index (κ2) is 8.98. The third-order valence-corrected chi connectivity index (χ3v) is 5.60. The van der Waals surface area contributed by atoms with Crippen LogP contribution < -0.4 is 4.74 Å². The largest absolute Gasteiger partial charge is 0.508 e. The number of aliphatic hydroxyl groups is 1. The van der Waals surface area contributed by atoms with Crippen LogP contribution in [0, 0.1) is 0 Å². The molecule has 0 saturated carbocycles. The van der Waals surface area contributed by atoms with Crippen LogP contribution in [0.4, 0.5) is 0 Å². The van der Waals surface area contributed by atoms with Gasteiger partial charge in [-0.25, -0.2) is 0 Å². The highest BCUT2D eigenvalue weighted by atomic mass is 16.5. The van der Waals surface area contributed by atoms with Gasteiger partial charge >= 0.3 is 0 Å². The zero-order valence-corrected chi connectivity index (χ0v) is 17.6. The van der Waals surface area contributed by atoms with Gasteiger partial charge in [0, 0.05) is 12.1 Å². The monoisotopic (exact) mass is 429 g/mol. The molecule has 3 aromatic rings. The number of benzene rings is 3. The zero-order valence-electron chi connectivity index (χ0n) is 17.6. The molecule has 0 aromatic heterocycles. The van der Waals surface area contributed by atoms with Crippen molar-refractivity contribution in [2.45, 2.75) is 12.5 Å². The summed E-state index contributed by atoms with van der Waals surface area (Å²) >= 11 is 0. The number of hydrogen-bond donors (Lipinski definition) is 2. The summed E-state index contributed by atoms with van der Waals surface area (Å²) < 4.78 is 5.18. The smallest absolute Gasteiger partial charge is 0.295 e. The minimum atomic E-state index is -0.756. The predicted molar refractivity (Wildman–Crippen MR) is 120 cm³/mol. The van der Waals surface area contributed by atoms with Crippen LogP contribution in [-0.4, -0.2) is 40.5 Å². The molecule has 0 bridgehead atoms. The molecule has 0 spiro atoms. The molecule has 1 amide bonds. The molecule has 1 aliphatic rings. The Hall–Kier alpha value is -4.06. The van der Waals surface area contributed by atoms with Crippen molar-refractivity contribution in [1.82, 2.24) is 4.90 Å². The van der Waals surface area contributed by atoms with E-state index in [9.17, 15) is 19.8 Å². The highest BCUT2D eigenvalue weighted by molar-refractivity contribution is 6.46. The van der Waals surface area contributed by atoms with Crippen molar-refractivity contribution in [3.05, 3.63) is 101 Å². The molecule has 3 aromatic carbocycles. The Labute approximate surface area is 186 Å². The number of phenols is 1. The number of ketones is 1. The summed E-state index contributed by atoms with van der Waals surface area (Å²) in [5.41, 5.74) is 2.13. The second-order valence-electron chi connectivity index (χ2n) is 7.55. The molecule has 6 nitrogen and oxygen atoms in total. The van der Waals surface area contributed by atoms with Crippen LogP contribution >= 0.6 is 0 Å². The number of carbonyl (C=O) groups is 2. The van der Waals surface area contributed by atoms with Gasteiger partial charge in [0.05, 0.1) is 18.7 Å². The van der Waals surface area contributed by atoms with Gasteiger partial charge in [-0.3, -0.25) is 9.59 Å². The highest BCUT2D eigenvalue weighted by Gasteiger charge is 2.45. The SMILES string of the molecule is COc1ccc(CCN2C(=O)C(=O)C(=C(O)c3ccccc3)C2c2ccc(O)cc2)cc1. The second-order valence-corrected chi connectivity index (χ2v) is 7.55. The molecule has 6 heteroatoms. The quantitative estimate of drug-likeness (QED) is 0.351. The first-order valence-corrected chi connectivity index (χ1v) is 10.3. The summed E-state index contributed by atoms with van der Waals surface area (Å²) in [4.78, 5) is 27.5. The minimum absolute atomic E-state index is 0.0432. The molecule has 1 saturated heterocycles. The fourth-order valence-corrected chi connectivity index (χ4v) is 3.91. The van der Waals surface area contributed by atoms with Gasteiger partial charge in [-0.2, -0.15) is 0 Å². The molecule has 1 atom stereocenters. The molecule has 1 aliphatic heterocycles. The van der Waals surface area contributed by atoms with Gasteiger partial charge in [-0.05, 0) is 41.8 Å². The summed E-state index contributed by atoms with van der Waals surface area (Å²) in [6.45, 7) is 0.286. The van der Waals surface area contributed by atoms with Crippen LogP contribution in [0.15, 0.2) is 84.4 Å². The van der Waals surface area contributed by atoms with E-state index in [4.69, 9.17) is 4.74 Å². The summed E-state index contributed by atoms with van der Waals surface area (Å²) in [7, 11) is 1.60. The lowest BCUT2D eigenvalue weighted by Crippen LogP contribution is -2.31. The molecule has 32 heavy (non-hydrogen) atoms. The van der Waals surface area contributed by atoms with Gasteiger partial charge in [0.1, 0.15) is 17.3 Å². The number of aromatic hydroxyl groups is 1. The van der Waals surface area contributed by atoms with E-state index in [1.165, 1.54) is 17.0 Å². The average molecular weight is 429 g/mol. The van der Waals surface area contributed by atoms with Gasteiger partial charge in [0.15, 0.2) is 0 Å². The Morgan fingerprint density at radius 2 is 1.59 bits per heavy atom. The maximum absolute atomic E-state index is 13.0. The maximum atomic E-state index is 13.0. The fraction of sp³-hybridized carbons (Fsp3) is 0.154. The van der Waals surface area contributed by atoms with Gasteiger partial charge in [0.2, 0.25) is 0 Å². The highest BCUT2D eigenvalue weighted by Crippen LogP contribution is 2.39. The van der Waals surface area contributed by atoms with Crippen LogP contribution in [0.3, 0.4) is 0 Å². The molecule has 1 unspecified atom stereocenters. The average Bonchev–Trinajstić information content (AvgIpc) is 3.08. The Morgan fingerprint density at radius 3 is 2.22 bits per heavy atom. The number of rotatable bonds is 6. The molecular weight excluding hydrogens is 406 g/mol. The number of aliphatic hydroxyl groups excluding tert-OH is 1. The van der Waals surface area contributed by atoms with Crippen LogP contribution in [0.25, 0.3) is 5.76 Å². The van der Waals surface area contributed by atoms with Crippen molar-refractivity contribution in [2.24, 2.45) is 0 Å². The Morgan fingerprint density at radius 1 is 0.938 bits per heavy atom. The number of carbonyl (C=O) groups excluding carboxylic acids is 2. The Bertz CT molecular complexity index is 1150. The number of nitrogens with zero attached hydrogens (tertiary/aromatic N) is 1. The lowest BCUT2D eigenvalue weighted by atomic mass is 9.95. The van der Waals surface area contributed by atoms with E-state index in [1.54, 1.807) is 43.5 Å². The van der Waals surface area contributed by atoms with Gasteiger partial charge < -0.3 is 19.8 Å². The number of Topliss-reactive ketones (excluding diaryl/α,β-unsaturated/α-hetero) is 1. The van der Waals surface area contributed by atoms with Crippen molar-refractivity contribution in [3.63, 3.8) is 0 Å². The van der Waals surface area contributed by atoms with E-state index >= 15 is 0 Å². The van der Waals surface area contributed by atoms with E-state index in [2.05, 4.69) is 0 Å². The van der Waals surface area contributed by atoms with Crippen molar-refractivity contribution in [2.75, 3.05) is 13.7 Å². The van der Waals surface area contributed by atoms with Gasteiger partial charge in [-0.1, -0.05) is 54.6 Å². The zero-order chi connectivity index (χ0) is 22.7. The van der Waals surface area contributed by atoms with Crippen molar-refractivity contribution in [1.29, 1.82) is 0 Å². The van der Waals surface area contributed by atoms with Crippen LogP contribution in [0.1, 0.15) is 22.7 Å². The lowest BCUT2D eigenvalue weighted by Gasteiger charge is -2.25. The molecule has 4 rings (SSSR count).